The van der Waals surface area contributed by atoms with Gasteiger partial charge < -0.3 is 4.42 Å². The van der Waals surface area contributed by atoms with Crippen molar-refractivity contribution in [2.24, 2.45) is 0 Å². The molecule has 2 aromatic rings. The molecule has 15 heavy (non-hydrogen) atoms. The highest BCUT2D eigenvalue weighted by atomic mass is 16.3. The van der Waals surface area contributed by atoms with Crippen LogP contribution >= 0.6 is 0 Å². The van der Waals surface area contributed by atoms with Crippen molar-refractivity contribution in [3.8, 4) is 11.1 Å². The number of aryl methyl sites for hydroxylation is 1. The molecule has 0 aliphatic rings. The number of hydrogen-bond donors (Lipinski definition) is 0. The van der Waals surface area contributed by atoms with E-state index in [0.717, 1.165) is 11.1 Å². The average Bonchev–Trinajstić information content (AvgIpc) is 2.61. The van der Waals surface area contributed by atoms with Gasteiger partial charge in [-0.1, -0.05) is 30.3 Å². The zero-order chi connectivity index (χ0) is 10.8. The third-order valence-corrected chi connectivity index (χ3v) is 2.41. The molecule has 0 spiro atoms. The Morgan fingerprint density at radius 1 is 1.20 bits per heavy atom. The summed E-state index contributed by atoms with van der Waals surface area (Å²) in [5, 5.41) is 0. The molecule has 0 aliphatic carbocycles. The summed E-state index contributed by atoms with van der Waals surface area (Å²) in [4.78, 5) is 11.5. The van der Waals surface area contributed by atoms with Gasteiger partial charge in [0.2, 0.25) is 0 Å². The molecule has 1 aromatic heterocycles. The fourth-order valence-corrected chi connectivity index (χ4v) is 1.72. The maximum Gasteiger partial charge on any atom is 0.163 e. The lowest BCUT2D eigenvalue weighted by molar-refractivity contribution is 0.101. The van der Waals surface area contributed by atoms with Crippen molar-refractivity contribution in [1.82, 2.24) is 0 Å². The molecule has 0 amide bonds. The standard InChI is InChI=1S/C13H12O2/c1-9(14)13-10(2)15-8-12(13)11-6-4-3-5-7-11/h3-8H,1-2H3. The zero-order valence-corrected chi connectivity index (χ0v) is 8.78. The molecule has 0 bridgehead atoms. The van der Waals surface area contributed by atoms with Crippen molar-refractivity contribution in [3.63, 3.8) is 0 Å². The van der Waals surface area contributed by atoms with Gasteiger partial charge in [0.15, 0.2) is 5.78 Å². The molecule has 0 saturated heterocycles. The molecule has 0 N–H and O–H groups in total. The zero-order valence-electron chi connectivity index (χ0n) is 8.78. The first-order chi connectivity index (χ1) is 7.20. The summed E-state index contributed by atoms with van der Waals surface area (Å²) >= 11 is 0. The molecular formula is C13H12O2. The van der Waals surface area contributed by atoms with Crippen molar-refractivity contribution in [2.45, 2.75) is 13.8 Å². The number of rotatable bonds is 2. The van der Waals surface area contributed by atoms with Crippen LogP contribution in [0.25, 0.3) is 11.1 Å². The van der Waals surface area contributed by atoms with Crippen molar-refractivity contribution < 1.29 is 9.21 Å². The van der Waals surface area contributed by atoms with Crippen LogP contribution in [-0.2, 0) is 0 Å². The molecule has 0 aliphatic heterocycles. The summed E-state index contributed by atoms with van der Waals surface area (Å²) in [5.41, 5.74) is 2.57. The van der Waals surface area contributed by atoms with Gasteiger partial charge in [-0.25, -0.2) is 0 Å². The first-order valence-corrected chi connectivity index (χ1v) is 4.84. The monoisotopic (exact) mass is 200 g/mol. The number of carbonyl (C=O) groups is 1. The van der Waals surface area contributed by atoms with E-state index in [1.807, 2.05) is 37.3 Å². The average molecular weight is 200 g/mol. The quantitative estimate of drug-likeness (QED) is 0.695. The second-order valence-corrected chi connectivity index (χ2v) is 3.50. The van der Waals surface area contributed by atoms with Gasteiger partial charge in [-0.15, -0.1) is 0 Å². The maximum absolute atomic E-state index is 11.5. The second kappa shape index (κ2) is 3.73. The Balaban J connectivity index is 2.59. The Morgan fingerprint density at radius 3 is 2.47 bits per heavy atom. The number of ketones is 1. The maximum atomic E-state index is 11.5. The van der Waals surface area contributed by atoms with E-state index in [2.05, 4.69) is 0 Å². The van der Waals surface area contributed by atoms with E-state index in [0.29, 0.717) is 11.3 Å². The van der Waals surface area contributed by atoms with Crippen molar-refractivity contribution in [1.29, 1.82) is 0 Å². The molecule has 0 saturated carbocycles. The number of carbonyl (C=O) groups excluding carboxylic acids is 1. The van der Waals surface area contributed by atoms with Crippen LogP contribution in [0.2, 0.25) is 0 Å². The molecule has 2 heteroatoms. The number of furan rings is 1. The molecule has 0 radical (unpaired) electrons. The number of Topliss-reactive ketones (excluding diaryl/α,β-unsaturated/α-hetero) is 1. The molecular weight excluding hydrogens is 188 g/mol. The SMILES string of the molecule is CC(=O)c1c(-c2ccccc2)coc1C. The van der Waals surface area contributed by atoms with Gasteiger partial charge in [0.05, 0.1) is 11.8 Å². The fraction of sp³-hybridized carbons (Fsp3) is 0.154. The third-order valence-electron chi connectivity index (χ3n) is 2.41. The lowest BCUT2D eigenvalue weighted by Crippen LogP contribution is -1.94. The summed E-state index contributed by atoms with van der Waals surface area (Å²) in [6.45, 7) is 3.37. The van der Waals surface area contributed by atoms with Crippen LogP contribution in [-0.4, -0.2) is 5.78 Å². The van der Waals surface area contributed by atoms with Crippen LogP contribution in [0.15, 0.2) is 41.0 Å². The van der Waals surface area contributed by atoms with Crippen LogP contribution in [0.1, 0.15) is 23.0 Å². The van der Waals surface area contributed by atoms with Crippen LogP contribution < -0.4 is 0 Å². The van der Waals surface area contributed by atoms with Crippen LogP contribution in [0.4, 0.5) is 0 Å². The first-order valence-electron chi connectivity index (χ1n) is 4.84. The second-order valence-electron chi connectivity index (χ2n) is 3.50. The molecule has 0 unspecified atom stereocenters. The van der Waals surface area contributed by atoms with Gasteiger partial charge in [0, 0.05) is 5.56 Å². The van der Waals surface area contributed by atoms with E-state index in [9.17, 15) is 4.79 Å². The van der Waals surface area contributed by atoms with Gasteiger partial charge in [0.1, 0.15) is 5.76 Å². The minimum Gasteiger partial charge on any atom is -0.468 e. The van der Waals surface area contributed by atoms with E-state index in [1.165, 1.54) is 0 Å². The molecule has 2 rings (SSSR count). The molecule has 1 aromatic carbocycles. The summed E-state index contributed by atoms with van der Waals surface area (Å²) in [5.74, 6) is 0.724. The highest BCUT2D eigenvalue weighted by Crippen LogP contribution is 2.27. The van der Waals surface area contributed by atoms with Gasteiger partial charge >= 0.3 is 0 Å². The van der Waals surface area contributed by atoms with Gasteiger partial charge in [0.25, 0.3) is 0 Å². The van der Waals surface area contributed by atoms with Crippen LogP contribution in [0.3, 0.4) is 0 Å². The van der Waals surface area contributed by atoms with E-state index in [-0.39, 0.29) is 5.78 Å². The smallest absolute Gasteiger partial charge is 0.163 e. The predicted octanol–water partition coefficient (Wildman–Crippen LogP) is 3.46. The fourth-order valence-electron chi connectivity index (χ4n) is 1.72. The predicted molar refractivity (Wildman–Crippen MR) is 58.9 cm³/mol. The van der Waals surface area contributed by atoms with E-state index >= 15 is 0 Å². The van der Waals surface area contributed by atoms with Crippen LogP contribution in [0, 0.1) is 6.92 Å². The van der Waals surface area contributed by atoms with Crippen molar-refractivity contribution in [2.75, 3.05) is 0 Å². The Labute approximate surface area is 88.5 Å². The molecule has 76 valence electrons. The van der Waals surface area contributed by atoms with E-state index in [4.69, 9.17) is 4.42 Å². The largest absolute Gasteiger partial charge is 0.468 e. The summed E-state index contributed by atoms with van der Waals surface area (Å²) < 4.78 is 5.29. The van der Waals surface area contributed by atoms with Crippen LogP contribution in [0.5, 0.6) is 0 Å². The lowest BCUT2D eigenvalue weighted by atomic mass is 10.0. The topological polar surface area (TPSA) is 30.2 Å². The Hall–Kier alpha value is -1.83. The Bertz CT molecular complexity index is 480. The number of benzene rings is 1. The molecule has 1 heterocycles. The summed E-state index contributed by atoms with van der Waals surface area (Å²) in [6.07, 6.45) is 1.64. The summed E-state index contributed by atoms with van der Waals surface area (Å²) in [6, 6.07) is 9.78. The summed E-state index contributed by atoms with van der Waals surface area (Å²) in [7, 11) is 0. The Kier molecular flexibility index (Phi) is 2.42. The molecule has 0 atom stereocenters. The lowest BCUT2D eigenvalue weighted by Gasteiger charge is -1.99. The van der Waals surface area contributed by atoms with Gasteiger partial charge in [-0.2, -0.15) is 0 Å². The van der Waals surface area contributed by atoms with E-state index < -0.39 is 0 Å². The third kappa shape index (κ3) is 1.71. The van der Waals surface area contributed by atoms with E-state index in [1.54, 1.807) is 13.2 Å². The number of hydrogen-bond acceptors (Lipinski definition) is 2. The van der Waals surface area contributed by atoms with Crippen molar-refractivity contribution >= 4 is 5.78 Å². The van der Waals surface area contributed by atoms with Gasteiger partial charge in [-0.3, -0.25) is 4.79 Å². The normalized spacial score (nSPS) is 10.3. The first kappa shape index (κ1) is 9.71. The highest BCUT2D eigenvalue weighted by Gasteiger charge is 2.15. The Morgan fingerprint density at radius 2 is 1.87 bits per heavy atom. The molecule has 2 nitrogen and oxygen atoms in total. The van der Waals surface area contributed by atoms with Gasteiger partial charge in [-0.05, 0) is 19.4 Å². The molecule has 0 fully saturated rings. The minimum atomic E-state index is 0.0418. The van der Waals surface area contributed by atoms with Crippen molar-refractivity contribution in [3.05, 3.63) is 47.9 Å². The minimum absolute atomic E-state index is 0.0418. The highest BCUT2D eigenvalue weighted by molar-refractivity contribution is 6.01.